The number of unbranched alkanes of at least 4 members (excludes halogenated alkanes) is 2. The number of hydrogen-bond donors (Lipinski definition) is 0. The molecule has 0 aliphatic carbocycles. The molecule has 1 fully saturated rings. The van der Waals surface area contributed by atoms with Crippen LogP contribution < -0.4 is 4.90 Å². The molecule has 1 aliphatic rings. The van der Waals surface area contributed by atoms with Crippen LogP contribution in [-0.2, 0) is 20.7 Å². The fourth-order valence-corrected chi connectivity index (χ4v) is 6.69. The minimum absolute atomic E-state index is 0.0573. The molecule has 0 saturated carbocycles. The smallest absolute Gasteiger partial charge is 0.310 e. The van der Waals surface area contributed by atoms with E-state index < -0.39 is 0 Å². The SMILES string of the molecule is CCN(C)C(=O)c1ccc(N(C)CCCCCC(=O)N(C)CCN2CCC(OC(=O)Cc3ccccc3-c3ccccc3)CC2)s1. The molecule has 1 aliphatic heterocycles. The van der Waals surface area contributed by atoms with Crippen LogP contribution in [0, 0.1) is 0 Å². The first-order valence-corrected chi connectivity index (χ1v) is 17.4. The quantitative estimate of drug-likeness (QED) is 0.136. The van der Waals surface area contributed by atoms with E-state index in [1.807, 2.05) is 74.4 Å². The van der Waals surface area contributed by atoms with Crippen molar-refractivity contribution in [2.45, 2.75) is 58.0 Å². The molecule has 2 heterocycles. The van der Waals surface area contributed by atoms with Gasteiger partial charge in [0.25, 0.3) is 5.91 Å². The highest BCUT2D eigenvalue weighted by Gasteiger charge is 2.23. The summed E-state index contributed by atoms with van der Waals surface area (Å²) in [4.78, 5) is 46.8. The summed E-state index contributed by atoms with van der Waals surface area (Å²) in [5.74, 6) is 0.0815. The molecule has 0 atom stereocenters. The first-order chi connectivity index (χ1) is 22.2. The molecule has 4 rings (SSSR count). The van der Waals surface area contributed by atoms with Crippen LogP contribution >= 0.6 is 11.3 Å². The second-order valence-electron chi connectivity index (χ2n) is 12.2. The molecule has 248 valence electrons. The number of anilines is 1. The highest BCUT2D eigenvalue weighted by molar-refractivity contribution is 7.17. The lowest BCUT2D eigenvalue weighted by Gasteiger charge is -2.32. The molecular formula is C37H50N4O4S. The highest BCUT2D eigenvalue weighted by Crippen LogP contribution is 2.27. The van der Waals surface area contributed by atoms with E-state index in [0.29, 0.717) is 19.5 Å². The number of likely N-dealkylation sites (tertiary alicyclic amines) is 1. The van der Waals surface area contributed by atoms with Gasteiger partial charge in [0.05, 0.1) is 16.3 Å². The number of thiophene rings is 1. The van der Waals surface area contributed by atoms with Crippen LogP contribution in [0.2, 0.25) is 0 Å². The van der Waals surface area contributed by atoms with Gasteiger partial charge in [-0.1, -0.05) is 61.0 Å². The first kappa shape index (κ1) is 35.2. The maximum absolute atomic E-state index is 12.8. The number of ether oxygens (including phenoxy) is 1. The zero-order valence-electron chi connectivity index (χ0n) is 28.0. The number of hydrogen-bond acceptors (Lipinski definition) is 7. The zero-order valence-corrected chi connectivity index (χ0v) is 28.8. The molecule has 0 radical (unpaired) electrons. The highest BCUT2D eigenvalue weighted by atomic mass is 32.1. The molecule has 9 heteroatoms. The Labute approximate surface area is 278 Å². The summed E-state index contributed by atoms with van der Waals surface area (Å²) in [6.45, 7) is 6.83. The van der Waals surface area contributed by atoms with Crippen molar-refractivity contribution in [1.29, 1.82) is 0 Å². The van der Waals surface area contributed by atoms with E-state index >= 15 is 0 Å². The van der Waals surface area contributed by atoms with Crippen LogP contribution in [0.15, 0.2) is 66.7 Å². The number of carbonyl (C=O) groups excluding carboxylic acids is 3. The van der Waals surface area contributed by atoms with Gasteiger partial charge in [-0.3, -0.25) is 14.4 Å². The third kappa shape index (κ3) is 10.4. The Balaban J connectivity index is 1.07. The lowest BCUT2D eigenvalue weighted by molar-refractivity contribution is -0.150. The molecule has 46 heavy (non-hydrogen) atoms. The van der Waals surface area contributed by atoms with Gasteiger partial charge in [-0.15, -0.1) is 11.3 Å². The van der Waals surface area contributed by atoms with E-state index in [2.05, 4.69) is 35.0 Å². The second kappa shape index (κ2) is 17.9. The average Bonchev–Trinajstić information content (AvgIpc) is 3.58. The van der Waals surface area contributed by atoms with E-state index in [1.165, 1.54) is 11.3 Å². The van der Waals surface area contributed by atoms with Crippen molar-refractivity contribution in [3.63, 3.8) is 0 Å². The summed E-state index contributed by atoms with van der Waals surface area (Å²) in [5, 5.41) is 1.09. The monoisotopic (exact) mass is 646 g/mol. The summed E-state index contributed by atoms with van der Waals surface area (Å²) in [7, 11) is 5.77. The topological polar surface area (TPSA) is 73.4 Å². The average molecular weight is 647 g/mol. The van der Waals surface area contributed by atoms with Crippen molar-refractivity contribution in [3.05, 3.63) is 77.2 Å². The maximum Gasteiger partial charge on any atom is 0.310 e. The molecule has 8 nitrogen and oxygen atoms in total. The van der Waals surface area contributed by atoms with Crippen molar-refractivity contribution in [3.8, 4) is 11.1 Å². The third-order valence-corrected chi connectivity index (χ3v) is 10.0. The van der Waals surface area contributed by atoms with Gasteiger partial charge in [0.2, 0.25) is 5.91 Å². The minimum atomic E-state index is -0.175. The number of amides is 2. The number of carbonyl (C=O) groups is 3. The van der Waals surface area contributed by atoms with Gasteiger partial charge in [-0.05, 0) is 61.4 Å². The van der Waals surface area contributed by atoms with Crippen LogP contribution in [0.4, 0.5) is 5.00 Å². The number of nitrogens with zero attached hydrogens (tertiary/aromatic N) is 4. The number of rotatable bonds is 16. The second-order valence-corrected chi connectivity index (χ2v) is 13.3. The predicted molar refractivity (Wildman–Crippen MR) is 187 cm³/mol. The first-order valence-electron chi connectivity index (χ1n) is 16.6. The lowest BCUT2D eigenvalue weighted by Crippen LogP contribution is -2.42. The maximum atomic E-state index is 12.8. The Morgan fingerprint density at radius 1 is 0.848 bits per heavy atom. The fraction of sp³-hybridized carbons (Fsp3) is 0.486. The van der Waals surface area contributed by atoms with Crippen LogP contribution in [0.1, 0.15) is 60.7 Å². The van der Waals surface area contributed by atoms with E-state index in [0.717, 1.165) is 84.9 Å². The van der Waals surface area contributed by atoms with Crippen molar-refractivity contribution in [2.24, 2.45) is 0 Å². The van der Waals surface area contributed by atoms with Crippen LogP contribution in [0.25, 0.3) is 11.1 Å². The van der Waals surface area contributed by atoms with Gasteiger partial charge < -0.3 is 24.3 Å². The number of benzene rings is 2. The summed E-state index contributed by atoms with van der Waals surface area (Å²) in [6, 6.07) is 22.1. The van der Waals surface area contributed by atoms with Crippen LogP contribution in [0.3, 0.4) is 0 Å². The number of likely N-dealkylation sites (N-methyl/N-ethyl adjacent to an activating group) is 1. The molecule has 1 saturated heterocycles. The fourth-order valence-electron chi connectivity index (χ4n) is 5.71. The van der Waals surface area contributed by atoms with E-state index in [9.17, 15) is 14.4 Å². The van der Waals surface area contributed by atoms with E-state index in [1.54, 1.807) is 4.90 Å². The standard InChI is InChI=1S/C37H50N4O4S/c1-5-38(2)37(44)33-19-20-35(46-33)40(4)23-13-7-10-18-34(42)39(3)26-27-41-24-21-31(22-25-41)45-36(43)28-30-16-11-12-17-32(30)29-14-8-6-9-15-29/h6,8-9,11-12,14-17,19-20,31H,5,7,10,13,18,21-28H2,1-4H3. The van der Waals surface area contributed by atoms with Crippen molar-refractivity contribution >= 4 is 34.1 Å². The van der Waals surface area contributed by atoms with Gasteiger partial charge in [-0.25, -0.2) is 0 Å². The molecule has 3 aromatic rings. The molecule has 2 amide bonds. The molecule has 0 spiro atoms. The summed E-state index contributed by atoms with van der Waals surface area (Å²) in [6.07, 6.45) is 5.27. The third-order valence-electron chi connectivity index (χ3n) is 8.83. The van der Waals surface area contributed by atoms with Crippen molar-refractivity contribution in [2.75, 3.05) is 65.3 Å². The summed E-state index contributed by atoms with van der Waals surface area (Å²) >= 11 is 1.53. The van der Waals surface area contributed by atoms with Gasteiger partial charge in [-0.2, -0.15) is 0 Å². The molecule has 0 unspecified atom stereocenters. The van der Waals surface area contributed by atoms with Crippen molar-refractivity contribution in [1.82, 2.24) is 14.7 Å². The normalized spacial score (nSPS) is 13.7. The Morgan fingerprint density at radius 3 is 2.30 bits per heavy atom. The summed E-state index contributed by atoms with van der Waals surface area (Å²) in [5.41, 5.74) is 3.16. The molecule has 1 aromatic heterocycles. The Kier molecular flexibility index (Phi) is 13.7. The minimum Gasteiger partial charge on any atom is -0.462 e. The molecule has 0 bridgehead atoms. The van der Waals surface area contributed by atoms with E-state index in [-0.39, 0.29) is 30.3 Å². The van der Waals surface area contributed by atoms with Gasteiger partial charge in [0, 0.05) is 66.8 Å². The zero-order chi connectivity index (χ0) is 32.9. The van der Waals surface area contributed by atoms with Gasteiger partial charge in [0.15, 0.2) is 0 Å². The largest absolute Gasteiger partial charge is 0.462 e. The van der Waals surface area contributed by atoms with Crippen LogP contribution in [-0.4, -0.2) is 99.0 Å². The Morgan fingerprint density at radius 2 is 1.57 bits per heavy atom. The Hall–Kier alpha value is -3.69. The number of piperidine rings is 1. The predicted octanol–water partition coefficient (Wildman–Crippen LogP) is 6.21. The van der Waals surface area contributed by atoms with Gasteiger partial charge >= 0.3 is 5.97 Å². The summed E-state index contributed by atoms with van der Waals surface area (Å²) < 4.78 is 5.88. The van der Waals surface area contributed by atoms with Gasteiger partial charge in [0.1, 0.15) is 6.10 Å². The van der Waals surface area contributed by atoms with Crippen molar-refractivity contribution < 1.29 is 19.1 Å². The molecular weight excluding hydrogens is 596 g/mol. The molecule has 0 N–H and O–H groups in total. The Bertz CT molecular complexity index is 1400. The number of esters is 1. The molecule has 2 aromatic carbocycles. The lowest BCUT2D eigenvalue weighted by atomic mass is 9.98. The van der Waals surface area contributed by atoms with E-state index in [4.69, 9.17) is 4.74 Å². The van der Waals surface area contributed by atoms with Crippen LogP contribution in [0.5, 0.6) is 0 Å².